The minimum Gasteiger partial charge on any atom is -0.461 e. The highest BCUT2D eigenvalue weighted by Gasteiger charge is 2.33. The number of carbonyl (C=O) groups excluding carboxylic acids is 1. The molecule has 0 bridgehead atoms. The highest BCUT2D eigenvalue weighted by molar-refractivity contribution is 6.30. The molecule has 1 saturated carbocycles. The lowest BCUT2D eigenvalue weighted by Crippen LogP contribution is -2.47. The van der Waals surface area contributed by atoms with Crippen molar-refractivity contribution in [2.24, 2.45) is 0 Å². The smallest absolute Gasteiger partial charge is 0.329 e. The van der Waals surface area contributed by atoms with Crippen molar-refractivity contribution in [3.63, 3.8) is 0 Å². The Morgan fingerprint density at radius 1 is 0.971 bits per heavy atom. The third-order valence-corrected chi connectivity index (χ3v) is 7.04. The monoisotopic (exact) mass is 489 g/mol. The van der Waals surface area contributed by atoms with E-state index in [1.165, 1.54) is 0 Å². The molecular weight excluding hydrogens is 462 g/mol. The number of fused-ring (bicyclic) bond motifs is 1. The van der Waals surface area contributed by atoms with Gasteiger partial charge in [-0.15, -0.1) is 0 Å². The fourth-order valence-corrected chi connectivity index (χ4v) is 5.11. The van der Waals surface area contributed by atoms with Gasteiger partial charge in [-0.2, -0.15) is 5.26 Å². The van der Waals surface area contributed by atoms with Gasteiger partial charge in [-0.1, -0.05) is 36.2 Å². The number of hydrogen-bond donors (Lipinski definition) is 0. The van der Waals surface area contributed by atoms with Gasteiger partial charge < -0.3 is 14.5 Å². The number of esters is 1. The third kappa shape index (κ3) is 5.18. The number of hydrogen-bond acceptors (Lipinski definition) is 7. The third-order valence-electron chi connectivity index (χ3n) is 6.80. The predicted octanol–water partition coefficient (Wildman–Crippen LogP) is 5.09. The second-order valence-corrected chi connectivity index (χ2v) is 9.57. The number of carbonyl (C=O) groups is 1. The van der Waals surface area contributed by atoms with Crippen molar-refractivity contribution >= 4 is 40.1 Å². The number of benzene rings is 2. The number of rotatable bonds is 5. The van der Waals surface area contributed by atoms with Crippen LogP contribution in [0.1, 0.15) is 43.7 Å². The molecule has 1 atom stereocenters. The molecule has 1 aliphatic carbocycles. The van der Waals surface area contributed by atoms with Crippen LogP contribution in [0.15, 0.2) is 48.5 Å². The Morgan fingerprint density at radius 3 is 2.34 bits per heavy atom. The van der Waals surface area contributed by atoms with Gasteiger partial charge in [0, 0.05) is 36.9 Å². The highest BCUT2D eigenvalue weighted by atomic mass is 35.5. The normalized spacial score (nSPS) is 17.7. The first-order valence-electron chi connectivity index (χ1n) is 12.2. The summed E-state index contributed by atoms with van der Waals surface area (Å²) in [6.07, 6.45) is 4.85. The maximum Gasteiger partial charge on any atom is 0.329 e. The van der Waals surface area contributed by atoms with E-state index in [1.807, 2.05) is 42.5 Å². The fourth-order valence-electron chi connectivity index (χ4n) is 4.92. The van der Waals surface area contributed by atoms with Gasteiger partial charge >= 0.3 is 5.97 Å². The van der Waals surface area contributed by atoms with E-state index >= 15 is 0 Å². The first-order chi connectivity index (χ1) is 17.1. The molecule has 180 valence electrons. The molecule has 1 unspecified atom stereocenters. The van der Waals surface area contributed by atoms with Crippen molar-refractivity contribution in [3.05, 3.63) is 59.2 Å². The molecule has 1 aliphatic heterocycles. The Morgan fingerprint density at radius 2 is 1.66 bits per heavy atom. The van der Waals surface area contributed by atoms with E-state index in [9.17, 15) is 10.1 Å². The van der Waals surface area contributed by atoms with Gasteiger partial charge in [0.2, 0.25) is 0 Å². The molecular formula is C27H28ClN5O2. The summed E-state index contributed by atoms with van der Waals surface area (Å²) < 4.78 is 5.77. The molecule has 2 heterocycles. The van der Waals surface area contributed by atoms with Crippen LogP contribution >= 0.6 is 11.6 Å². The maximum atomic E-state index is 13.1. The topological polar surface area (TPSA) is 82.3 Å². The van der Waals surface area contributed by atoms with Crippen LogP contribution in [0, 0.1) is 11.3 Å². The number of para-hydroxylation sites is 2. The molecule has 0 spiro atoms. The van der Waals surface area contributed by atoms with Gasteiger partial charge in [0.05, 0.1) is 17.1 Å². The van der Waals surface area contributed by atoms with Gasteiger partial charge in [-0.05, 0) is 56.0 Å². The lowest BCUT2D eigenvalue weighted by molar-refractivity contribution is -0.150. The molecule has 0 amide bonds. The minimum absolute atomic E-state index is 0.120. The quantitative estimate of drug-likeness (QED) is 0.461. The number of halogens is 1. The molecule has 2 aliphatic rings. The highest BCUT2D eigenvalue weighted by Crippen LogP contribution is 2.31. The average molecular weight is 490 g/mol. The summed E-state index contributed by atoms with van der Waals surface area (Å²) in [5, 5.41) is 10.7. The van der Waals surface area contributed by atoms with Crippen molar-refractivity contribution < 1.29 is 9.53 Å². The number of piperazine rings is 1. The second-order valence-electron chi connectivity index (χ2n) is 9.13. The van der Waals surface area contributed by atoms with E-state index in [-0.39, 0.29) is 6.10 Å². The Hall–Kier alpha value is -3.37. The number of nitriles is 1. The zero-order valence-electron chi connectivity index (χ0n) is 19.6. The Balaban J connectivity index is 1.42. The van der Waals surface area contributed by atoms with E-state index < -0.39 is 11.9 Å². The molecule has 2 aromatic carbocycles. The van der Waals surface area contributed by atoms with Crippen molar-refractivity contribution in [1.29, 1.82) is 5.26 Å². The Labute approximate surface area is 210 Å². The van der Waals surface area contributed by atoms with E-state index in [0.717, 1.165) is 56.4 Å². The van der Waals surface area contributed by atoms with Crippen LogP contribution in [0.2, 0.25) is 5.02 Å². The van der Waals surface area contributed by atoms with Crippen molar-refractivity contribution in [1.82, 2.24) is 9.97 Å². The van der Waals surface area contributed by atoms with Gasteiger partial charge in [-0.25, -0.2) is 9.97 Å². The van der Waals surface area contributed by atoms with Gasteiger partial charge in [0.1, 0.15) is 11.8 Å². The van der Waals surface area contributed by atoms with E-state index in [4.69, 9.17) is 26.3 Å². The molecule has 8 heteroatoms. The first kappa shape index (κ1) is 23.4. The molecule has 1 aromatic heterocycles. The number of aromatic nitrogens is 2. The lowest BCUT2D eigenvalue weighted by atomic mass is 9.97. The summed E-state index contributed by atoms with van der Waals surface area (Å²) in [5.41, 5.74) is 2.85. The largest absolute Gasteiger partial charge is 0.461 e. The molecule has 7 nitrogen and oxygen atoms in total. The zero-order valence-corrected chi connectivity index (χ0v) is 20.3. The number of nitrogens with zero attached hydrogens (tertiary/aromatic N) is 5. The summed E-state index contributed by atoms with van der Waals surface area (Å²) >= 11 is 6.19. The molecule has 5 rings (SSSR count). The Kier molecular flexibility index (Phi) is 7.01. The standard InChI is InChI=1S/C27H28ClN5O2/c28-19-7-6-8-20(17-19)32-13-15-33(16-14-32)26-25(30-23-11-4-5-12-24(23)31-26)22(18-29)27(34)35-21-9-2-1-3-10-21/h4-8,11-12,17,21-22H,1-3,9-10,13-16H2. The van der Waals surface area contributed by atoms with Crippen molar-refractivity contribution in [3.8, 4) is 6.07 Å². The van der Waals surface area contributed by atoms with Crippen LogP contribution in [0.25, 0.3) is 11.0 Å². The van der Waals surface area contributed by atoms with E-state index in [2.05, 4.69) is 21.9 Å². The van der Waals surface area contributed by atoms with Crippen LogP contribution in [-0.2, 0) is 9.53 Å². The first-order valence-corrected chi connectivity index (χ1v) is 12.6. The Bertz CT molecular complexity index is 1250. The minimum atomic E-state index is -1.12. The van der Waals surface area contributed by atoms with Gasteiger partial charge in [0.25, 0.3) is 0 Å². The van der Waals surface area contributed by atoms with Crippen LogP contribution in [-0.4, -0.2) is 48.2 Å². The average Bonchev–Trinajstić information content (AvgIpc) is 2.89. The predicted molar refractivity (Wildman–Crippen MR) is 137 cm³/mol. The summed E-state index contributed by atoms with van der Waals surface area (Å²) in [5.74, 6) is -1.06. The molecule has 1 saturated heterocycles. The van der Waals surface area contributed by atoms with Crippen LogP contribution in [0.5, 0.6) is 0 Å². The molecule has 35 heavy (non-hydrogen) atoms. The van der Waals surface area contributed by atoms with E-state index in [0.29, 0.717) is 35.1 Å². The molecule has 2 fully saturated rings. The zero-order chi connectivity index (χ0) is 24.2. The summed E-state index contributed by atoms with van der Waals surface area (Å²) in [6, 6.07) is 17.5. The molecule has 0 radical (unpaired) electrons. The SMILES string of the molecule is N#CC(C(=O)OC1CCCCC1)c1nc2ccccc2nc1N1CCN(c2cccc(Cl)c2)CC1. The summed E-state index contributed by atoms with van der Waals surface area (Å²) in [7, 11) is 0. The second kappa shape index (κ2) is 10.5. The summed E-state index contributed by atoms with van der Waals surface area (Å²) in [6.45, 7) is 2.89. The van der Waals surface area contributed by atoms with Crippen molar-refractivity contribution in [2.75, 3.05) is 36.0 Å². The summed E-state index contributed by atoms with van der Waals surface area (Å²) in [4.78, 5) is 27.2. The van der Waals surface area contributed by atoms with Crippen LogP contribution in [0.4, 0.5) is 11.5 Å². The molecule has 3 aromatic rings. The van der Waals surface area contributed by atoms with Crippen LogP contribution < -0.4 is 9.80 Å². The van der Waals surface area contributed by atoms with Crippen LogP contribution in [0.3, 0.4) is 0 Å². The van der Waals surface area contributed by atoms with Gasteiger partial charge in [0.15, 0.2) is 11.7 Å². The maximum absolute atomic E-state index is 13.1. The fraction of sp³-hybridized carbons (Fsp3) is 0.407. The van der Waals surface area contributed by atoms with Crippen molar-refractivity contribution in [2.45, 2.75) is 44.1 Å². The number of anilines is 2. The van der Waals surface area contributed by atoms with E-state index in [1.54, 1.807) is 0 Å². The van der Waals surface area contributed by atoms with Gasteiger partial charge in [-0.3, -0.25) is 4.79 Å². The number of ether oxygens (including phenoxy) is 1. The molecule has 0 N–H and O–H groups in total. The lowest BCUT2D eigenvalue weighted by Gasteiger charge is -2.37.